The number of pyridine rings is 1. The van der Waals surface area contributed by atoms with Crippen molar-refractivity contribution in [2.24, 2.45) is 0 Å². The number of ether oxygens (including phenoxy) is 3. The van der Waals surface area contributed by atoms with Crippen molar-refractivity contribution in [1.29, 1.82) is 0 Å². The third-order valence-electron chi connectivity index (χ3n) is 5.90. The lowest BCUT2D eigenvalue weighted by molar-refractivity contribution is -0.132. The Morgan fingerprint density at radius 1 is 0.794 bits per heavy atom. The molecule has 1 unspecified atom stereocenters. The Bertz CT molecular complexity index is 1190. The first kappa shape index (κ1) is 24.0. The lowest BCUT2D eigenvalue weighted by atomic mass is 9.92. The van der Waals surface area contributed by atoms with Crippen molar-refractivity contribution < 1.29 is 23.8 Å². The number of carbonyl (C=O) groups excluding carboxylic acids is 2. The maximum absolute atomic E-state index is 13.2. The molecule has 0 amide bonds. The van der Waals surface area contributed by atoms with Crippen LogP contribution in [0.3, 0.4) is 0 Å². The van der Waals surface area contributed by atoms with E-state index in [1.807, 2.05) is 48.5 Å². The molecule has 3 aromatic rings. The van der Waals surface area contributed by atoms with Crippen LogP contribution in [0.15, 0.2) is 65.5 Å². The molecule has 4 rings (SSSR count). The molecule has 1 atom stereocenters. The summed E-state index contributed by atoms with van der Waals surface area (Å²) in [7, 11) is 0. The molecule has 1 aromatic heterocycles. The molecule has 1 aliphatic rings. The van der Waals surface area contributed by atoms with Crippen molar-refractivity contribution >= 4 is 22.3 Å². The minimum absolute atomic E-state index is 0.0715. The summed E-state index contributed by atoms with van der Waals surface area (Å²) in [6.07, 6.45) is 0.523. The number of Topliss-reactive ketones (excluding diaryl/α,β-unsaturated/α-hetero) is 2. The molecular formula is C27H29NO6. The average molecular weight is 464 g/mol. The van der Waals surface area contributed by atoms with Crippen molar-refractivity contribution in [2.75, 3.05) is 26.4 Å². The molecule has 1 fully saturated rings. The molecule has 0 spiro atoms. The highest BCUT2D eigenvalue weighted by Crippen LogP contribution is 2.25. The molecule has 7 nitrogen and oxygen atoms in total. The Morgan fingerprint density at radius 3 is 2.24 bits per heavy atom. The Kier molecular flexibility index (Phi) is 8.36. The highest BCUT2D eigenvalue weighted by molar-refractivity contribution is 6.03. The van der Waals surface area contributed by atoms with Gasteiger partial charge in [0.1, 0.15) is 5.78 Å². The molecule has 0 radical (unpaired) electrons. The van der Waals surface area contributed by atoms with Crippen LogP contribution in [0, 0.1) is 0 Å². The number of nitrogens with zero attached hydrogens (tertiary/aromatic N) is 1. The smallest absolute Gasteiger partial charge is 0.259 e. The average Bonchev–Trinajstić information content (AvgIpc) is 2.84. The third-order valence-corrected chi connectivity index (χ3v) is 5.90. The third kappa shape index (κ3) is 6.05. The lowest BCUT2D eigenvalue weighted by Gasteiger charge is -2.25. The van der Waals surface area contributed by atoms with Crippen LogP contribution in [0.1, 0.15) is 36.6 Å². The van der Waals surface area contributed by atoms with Gasteiger partial charge in [0.2, 0.25) is 0 Å². The van der Waals surface area contributed by atoms with Crippen LogP contribution in [0.2, 0.25) is 0 Å². The van der Waals surface area contributed by atoms with Gasteiger partial charge in [0.05, 0.1) is 52.1 Å². The number of benzene rings is 2. The molecule has 1 aliphatic carbocycles. The highest BCUT2D eigenvalue weighted by Gasteiger charge is 2.30. The van der Waals surface area contributed by atoms with E-state index in [1.165, 1.54) is 4.57 Å². The van der Waals surface area contributed by atoms with E-state index in [9.17, 15) is 14.4 Å². The zero-order chi connectivity index (χ0) is 23.8. The van der Waals surface area contributed by atoms with Gasteiger partial charge in [0, 0.05) is 17.5 Å². The number of ketones is 2. The Morgan fingerprint density at radius 2 is 1.47 bits per heavy atom. The summed E-state index contributed by atoms with van der Waals surface area (Å²) < 4.78 is 18.5. The summed E-state index contributed by atoms with van der Waals surface area (Å²) in [5.41, 5.74) is 1.52. The quantitative estimate of drug-likeness (QED) is 0.319. The molecule has 34 heavy (non-hydrogen) atoms. The maximum atomic E-state index is 13.2. The van der Waals surface area contributed by atoms with Gasteiger partial charge in [-0.2, -0.15) is 0 Å². The van der Waals surface area contributed by atoms with Crippen molar-refractivity contribution in [1.82, 2.24) is 4.57 Å². The van der Waals surface area contributed by atoms with Crippen LogP contribution in [0.25, 0.3) is 10.8 Å². The van der Waals surface area contributed by atoms with Crippen molar-refractivity contribution in [3.63, 3.8) is 0 Å². The van der Waals surface area contributed by atoms with Crippen molar-refractivity contribution in [2.45, 2.75) is 38.5 Å². The summed E-state index contributed by atoms with van der Waals surface area (Å²) in [5, 5.41) is 1.35. The van der Waals surface area contributed by atoms with E-state index in [1.54, 1.807) is 12.1 Å². The molecule has 1 heterocycles. The summed E-state index contributed by atoms with van der Waals surface area (Å²) >= 11 is 0. The number of aromatic nitrogens is 1. The number of hydrogen-bond donors (Lipinski definition) is 0. The van der Waals surface area contributed by atoms with Gasteiger partial charge in [0.25, 0.3) is 5.56 Å². The fourth-order valence-electron chi connectivity index (χ4n) is 4.19. The molecule has 0 aliphatic heterocycles. The minimum atomic E-state index is -0.633. The molecule has 0 bridgehead atoms. The molecular weight excluding hydrogens is 434 g/mol. The van der Waals surface area contributed by atoms with E-state index < -0.39 is 6.04 Å². The van der Waals surface area contributed by atoms with Crippen LogP contribution in [-0.2, 0) is 37.0 Å². The van der Waals surface area contributed by atoms with E-state index in [-0.39, 0.29) is 30.2 Å². The van der Waals surface area contributed by atoms with Gasteiger partial charge in [-0.05, 0) is 29.5 Å². The summed E-state index contributed by atoms with van der Waals surface area (Å²) in [4.78, 5) is 37.5. The van der Waals surface area contributed by atoms with Gasteiger partial charge in [-0.25, -0.2) is 0 Å². The summed E-state index contributed by atoms with van der Waals surface area (Å²) in [6, 6.07) is 18.5. The largest absolute Gasteiger partial charge is 0.377 e. The Balaban J connectivity index is 1.31. The first-order valence-corrected chi connectivity index (χ1v) is 11.6. The Hall–Kier alpha value is -3.13. The fraction of sp³-hybridized carbons (Fsp3) is 0.370. The van der Waals surface area contributed by atoms with Gasteiger partial charge >= 0.3 is 0 Å². The number of rotatable bonds is 11. The van der Waals surface area contributed by atoms with Crippen molar-refractivity contribution in [3.8, 4) is 0 Å². The lowest BCUT2D eigenvalue weighted by Crippen LogP contribution is -2.36. The minimum Gasteiger partial charge on any atom is -0.377 e. The molecule has 7 heteroatoms. The van der Waals surface area contributed by atoms with E-state index in [0.29, 0.717) is 57.0 Å². The topological polar surface area (TPSA) is 83.8 Å². The SMILES string of the molecule is O=C1CCC(n2c(COCCOCCOCc3ccccc3)cc3ccccc3c2=O)C(=O)C1. The zero-order valence-electron chi connectivity index (χ0n) is 19.1. The standard InChI is InChI=1S/C27H29NO6/c29-23-10-11-25(26(30)17-23)28-22(16-21-8-4-5-9-24(21)27(28)31)19-34-15-13-32-12-14-33-18-20-6-2-1-3-7-20/h1-9,16,25H,10-15,17-19H2. The molecule has 0 N–H and O–H groups in total. The van der Waals surface area contributed by atoms with Crippen molar-refractivity contribution in [3.05, 3.63) is 82.3 Å². The van der Waals surface area contributed by atoms with E-state index >= 15 is 0 Å². The van der Waals surface area contributed by atoms with Crippen LogP contribution in [0.5, 0.6) is 0 Å². The summed E-state index contributed by atoms with van der Waals surface area (Å²) in [5.74, 6) is -0.286. The van der Waals surface area contributed by atoms with E-state index in [4.69, 9.17) is 14.2 Å². The second-order valence-corrected chi connectivity index (χ2v) is 8.34. The second kappa shape index (κ2) is 11.8. The number of carbonyl (C=O) groups is 2. The maximum Gasteiger partial charge on any atom is 0.259 e. The first-order valence-electron chi connectivity index (χ1n) is 11.6. The molecule has 2 aromatic carbocycles. The van der Waals surface area contributed by atoms with Crippen LogP contribution in [-0.4, -0.2) is 42.6 Å². The highest BCUT2D eigenvalue weighted by atomic mass is 16.5. The van der Waals surface area contributed by atoms with Gasteiger partial charge in [0.15, 0.2) is 5.78 Å². The zero-order valence-corrected chi connectivity index (χ0v) is 19.1. The molecule has 0 saturated heterocycles. The number of hydrogen-bond acceptors (Lipinski definition) is 6. The van der Waals surface area contributed by atoms with Gasteiger partial charge in [-0.3, -0.25) is 19.0 Å². The van der Waals surface area contributed by atoms with Crippen LogP contribution >= 0.6 is 0 Å². The van der Waals surface area contributed by atoms with Gasteiger partial charge in [-0.15, -0.1) is 0 Å². The predicted octanol–water partition coefficient (Wildman–Crippen LogP) is 3.61. The monoisotopic (exact) mass is 463 g/mol. The second-order valence-electron chi connectivity index (χ2n) is 8.34. The van der Waals surface area contributed by atoms with Crippen LogP contribution < -0.4 is 5.56 Å². The van der Waals surface area contributed by atoms with Gasteiger partial charge < -0.3 is 14.2 Å². The predicted molar refractivity (Wildman–Crippen MR) is 128 cm³/mol. The summed E-state index contributed by atoms with van der Waals surface area (Å²) in [6.45, 7) is 2.40. The first-order chi connectivity index (χ1) is 16.6. The van der Waals surface area contributed by atoms with E-state index in [2.05, 4.69) is 0 Å². The van der Waals surface area contributed by atoms with E-state index in [0.717, 1.165) is 10.9 Å². The van der Waals surface area contributed by atoms with Crippen LogP contribution in [0.4, 0.5) is 0 Å². The fourth-order valence-corrected chi connectivity index (χ4v) is 4.19. The number of fused-ring (bicyclic) bond motifs is 1. The molecule has 178 valence electrons. The normalized spacial score (nSPS) is 16.3. The van der Waals surface area contributed by atoms with Gasteiger partial charge in [-0.1, -0.05) is 48.5 Å². The Labute approximate surface area is 198 Å². The molecule has 1 saturated carbocycles.